The highest BCUT2D eigenvalue weighted by Crippen LogP contribution is 2.14. The zero-order chi connectivity index (χ0) is 12.3. The van der Waals surface area contributed by atoms with Crippen LogP contribution in [0.3, 0.4) is 0 Å². The number of nitrogens with two attached hydrogens (primary N) is 1. The number of nitrogens with one attached hydrogen (secondary N) is 1. The van der Waals surface area contributed by atoms with Gasteiger partial charge in [-0.25, -0.2) is 0 Å². The molecule has 2 aromatic rings. The van der Waals surface area contributed by atoms with Crippen molar-refractivity contribution in [1.29, 1.82) is 0 Å². The third-order valence-corrected chi connectivity index (χ3v) is 2.12. The van der Waals surface area contributed by atoms with E-state index in [0.717, 1.165) is 24.3 Å². The van der Waals surface area contributed by atoms with Crippen molar-refractivity contribution >= 4 is 11.4 Å². The van der Waals surface area contributed by atoms with Crippen LogP contribution >= 0.6 is 0 Å². The number of rotatable bonds is 3. The Morgan fingerprint density at radius 3 is 1.47 bits per heavy atom. The maximum absolute atomic E-state index is 5.03. The van der Waals surface area contributed by atoms with Crippen molar-refractivity contribution in [3.63, 3.8) is 0 Å². The molecule has 0 aliphatic rings. The van der Waals surface area contributed by atoms with Crippen LogP contribution in [-0.4, -0.2) is 6.54 Å². The molecule has 3 N–H and O–H groups in total. The highest BCUT2D eigenvalue weighted by atomic mass is 14.9. The third-order valence-electron chi connectivity index (χ3n) is 2.12. The molecule has 0 fully saturated rings. The Labute approximate surface area is 103 Å². The molecule has 90 valence electrons. The molecule has 0 saturated carbocycles. The summed E-state index contributed by atoms with van der Waals surface area (Å²) < 4.78 is 0. The Morgan fingerprint density at radius 2 is 1.18 bits per heavy atom. The predicted molar refractivity (Wildman–Crippen MR) is 75.5 cm³/mol. The van der Waals surface area contributed by atoms with Crippen molar-refractivity contribution in [2.75, 3.05) is 11.9 Å². The van der Waals surface area contributed by atoms with Crippen molar-refractivity contribution in [3.8, 4) is 0 Å². The Kier molecular flexibility index (Phi) is 6.53. The second kappa shape index (κ2) is 8.36. The first kappa shape index (κ1) is 13.3. The predicted octanol–water partition coefficient (Wildman–Crippen LogP) is 3.79. The largest absolute Gasteiger partial charge is 0.356 e. The summed E-state index contributed by atoms with van der Waals surface area (Å²) in [6, 6.07) is 20.3. The average molecular weight is 228 g/mol. The van der Waals surface area contributed by atoms with Crippen LogP contribution in [0.25, 0.3) is 0 Å². The van der Waals surface area contributed by atoms with Gasteiger partial charge in [-0.3, -0.25) is 0 Å². The van der Waals surface area contributed by atoms with Gasteiger partial charge >= 0.3 is 0 Å². The number of hydrogen-bond donors (Lipinski definition) is 2. The molecule has 0 radical (unpaired) electrons. The lowest BCUT2D eigenvalue weighted by Crippen LogP contribution is -1.93. The minimum atomic E-state index is 0.819. The molecule has 0 aliphatic heterocycles. The number of hydrogen-bond acceptors (Lipinski definition) is 2. The van der Waals surface area contributed by atoms with E-state index >= 15 is 0 Å². The Bertz CT molecular complexity index is 345. The van der Waals surface area contributed by atoms with Crippen LogP contribution in [0.4, 0.5) is 11.4 Å². The smallest absolute Gasteiger partial charge is 0.0384 e. The van der Waals surface area contributed by atoms with Crippen LogP contribution in [-0.2, 0) is 0 Å². The Balaban J connectivity index is 0.000000317. The van der Waals surface area contributed by atoms with Crippen molar-refractivity contribution < 1.29 is 0 Å². The highest BCUT2D eigenvalue weighted by Gasteiger charge is 1.89. The lowest BCUT2D eigenvalue weighted by Gasteiger charge is -2.04. The second-order valence-electron chi connectivity index (χ2n) is 3.65. The van der Waals surface area contributed by atoms with Gasteiger partial charge in [-0.15, -0.1) is 0 Å². The van der Waals surface area contributed by atoms with Gasteiger partial charge in [-0.05, 0) is 37.2 Å². The molecule has 0 heterocycles. The minimum Gasteiger partial charge on any atom is -0.356 e. The normalized spacial score (nSPS) is 9.06. The van der Waals surface area contributed by atoms with Gasteiger partial charge in [0.2, 0.25) is 0 Å². The molecule has 0 bridgehead atoms. The summed E-state index contributed by atoms with van der Waals surface area (Å²) in [5.74, 6) is 0. The fourth-order valence-electron chi connectivity index (χ4n) is 1.21. The molecule has 2 heteroatoms. The molecular weight excluding hydrogens is 208 g/mol. The fourth-order valence-corrected chi connectivity index (χ4v) is 1.21. The molecule has 0 aromatic heterocycles. The molecule has 2 rings (SSSR count). The summed E-state index contributed by atoms with van der Waals surface area (Å²) in [5.41, 5.74) is 7.27. The summed E-state index contributed by atoms with van der Waals surface area (Å²) in [6.45, 7) is 2.88. The Hall–Kier alpha value is -1.80. The van der Waals surface area contributed by atoms with E-state index in [9.17, 15) is 0 Å². The van der Waals surface area contributed by atoms with E-state index in [1.165, 1.54) is 0 Å². The molecule has 0 amide bonds. The van der Waals surface area contributed by atoms with E-state index in [1.54, 1.807) is 0 Å². The first-order chi connectivity index (χ1) is 8.36. The second-order valence-corrected chi connectivity index (χ2v) is 3.65. The topological polar surface area (TPSA) is 38.0 Å². The molecule has 0 aliphatic carbocycles. The fraction of sp³-hybridized carbons (Fsp3) is 0.200. The monoisotopic (exact) mass is 228 g/mol. The molecular formula is C15H20N2. The van der Waals surface area contributed by atoms with Crippen molar-refractivity contribution in [2.24, 2.45) is 5.73 Å². The maximum Gasteiger partial charge on any atom is 0.0384 e. The lowest BCUT2D eigenvalue weighted by atomic mass is 10.3. The van der Waals surface area contributed by atoms with E-state index in [0.29, 0.717) is 0 Å². The van der Waals surface area contributed by atoms with Crippen LogP contribution in [0.2, 0.25) is 0 Å². The SMILES string of the molecule is CCCN.c1ccc(Nc2ccccc2)cc1. The van der Waals surface area contributed by atoms with Crippen LogP contribution in [0.5, 0.6) is 0 Å². The third kappa shape index (κ3) is 5.73. The summed E-state index contributed by atoms with van der Waals surface area (Å²) in [5, 5.41) is 3.30. The highest BCUT2D eigenvalue weighted by molar-refractivity contribution is 5.58. The van der Waals surface area contributed by atoms with Crippen LogP contribution < -0.4 is 11.1 Å². The van der Waals surface area contributed by atoms with Crippen molar-refractivity contribution in [3.05, 3.63) is 60.7 Å². The molecule has 17 heavy (non-hydrogen) atoms. The number of para-hydroxylation sites is 2. The minimum absolute atomic E-state index is 0.819. The zero-order valence-corrected chi connectivity index (χ0v) is 10.3. The van der Waals surface area contributed by atoms with E-state index < -0.39 is 0 Å². The summed E-state index contributed by atoms with van der Waals surface area (Å²) in [7, 11) is 0. The van der Waals surface area contributed by atoms with E-state index in [-0.39, 0.29) is 0 Å². The number of anilines is 2. The standard InChI is InChI=1S/C12H11N.C3H9N/c1-3-7-11(8-4-1)13-12-9-5-2-6-10-12;1-2-3-4/h1-10,13H;2-4H2,1H3. The molecule has 0 atom stereocenters. The quantitative estimate of drug-likeness (QED) is 0.839. The van der Waals surface area contributed by atoms with Gasteiger partial charge in [0.15, 0.2) is 0 Å². The zero-order valence-electron chi connectivity index (χ0n) is 10.3. The van der Waals surface area contributed by atoms with Gasteiger partial charge in [-0.2, -0.15) is 0 Å². The maximum atomic E-state index is 5.03. The van der Waals surface area contributed by atoms with Crippen LogP contribution in [0.15, 0.2) is 60.7 Å². The van der Waals surface area contributed by atoms with Gasteiger partial charge < -0.3 is 11.1 Å². The summed E-state index contributed by atoms with van der Waals surface area (Å²) >= 11 is 0. The first-order valence-electron chi connectivity index (χ1n) is 5.94. The molecule has 0 spiro atoms. The van der Waals surface area contributed by atoms with Gasteiger partial charge in [-0.1, -0.05) is 43.3 Å². The van der Waals surface area contributed by atoms with Crippen LogP contribution in [0, 0.1) is 0 Å². The summed E-state index contributed by atoms with van der Waals surface area (Å²) in [4.78, 5) is 0. The molecule has 2 aromatic carbocycles. The average Bonchev–Trinajstić information content (AvgIpc) is 2.41. The first-order valence-corrected chi connectivity index (χ1v) is 5.94. The van der Waals surface area contributed by atoms with E-state index in [2.05, 4.69) is 12.2 Å². The van der Waals surface area contributed by atoms with Gasteiger partial charge in [0.25, 0.3) is 0 Å². The summed E-state index contributed by atoms with van der Waals surface area (Å²) in [6.07, 6.45) is 1.10. The molecule has 2 nitrogen and oxygen atoms in total. The molecule has 0 unspecified atom stereocenters. The van der Waals surface area contributed by atoms with Gasteiger partial charge in [0.1, 0.15) is 0 Å². The lowest BCUT2D eigenvalue weighted by molar-refractivity contribution is 0.932. The van der Waals surface area contributed by atoms with Crippen molar-refractivity contribution in [1.82, 2.24) is 0 Å². The van der Waals surface area contributed by atoms with Crippen molar-refractivity contribution in [2.45, 2.75) is 13.3 Å². The molecule has 0 saturated heterocycles. The van der Waals surface area contributed by atoms with Gasteiger partial charge in [0, 0.05) is 11.4 Å². The Morgan fingerprint density at radius 1 is 0.824 bits per heavy atom. The van der Waals surface area contributed by atoms with E-state index in [1.807, 2.05) is 60.7 Å². The number of benzene rings is 2. The van der Waals surface area contributed by atoms with Gasteiger partial charge in [0.05, 0.1) is 0 Å². The van der Waals surface area contributed by atoms with Crippen LogP contribution in [0.1, 0.15) is 13.3 Å². The van der Waals surface area contributed by atoms with E-state index in [4.69, 9.17) is 5.73 Å².